The highest BCUT2D eigenvalue weighted by atomic mass is 35.5. The van der Waals surface area contributed by atoms with Crippen LogP contribution in [0, 0.1) is 0 Å². The number of hydrogen-bond acceptors (Lipinski definition) is 4. The largest absolute Gasteiger partial charge is 0.366 e. The SMILES string of the molecule is CCN1CCCC1CNc1nnc(Cl)c2ccccc12. The smallest absolute Gasteiger partial charge is 0.159 e. The first-order valence-electron chi connectivity index (χ1n) is 7.18. The predicted octanol–water partition coefficient (Wildman–Crippen LogP) is 3.18. The number of likely N-dealkylation sites (N-methyl/N-ethyl adjacent to an activating group) is 1. The van der Waals surface area contributed by atoms with E-state index < -0.39 is 0 Å². The third-order valence-electron chi connectivity index (χ3n) is 4.05. The zero-order valence-corrected chi connectivity index (χ0v) is 12.4. The number of anilines is 1. The van der Waals surface area contributed by atoms with Gasteiger partial charge >= 0.3 is 0 Å². The van der Waals surface area contributed by atoms with Crippen LogP contribution in [-0.4, -0.2) is 40.8 Å². The van der Waals surface area contributed by atoms with Crippen molar-refractivity contribution in [2.75, 3.05) is 25.0 Å². The monoisotopic (exact) mass is 290 g/mol. The van der Waals surface area contributed by atoms with Crippen molar-refractivity contribution in [1.82, 2.24) is 15.1 Å². The zero-order chi connectivity index (χ0) is 13.9. The average molecular weight is 291 g/mol. The Bertz CT molecular complexity index is 601. The van der Waals surface area contributed by atoms with Gasteiger partial charge in [-0.15, -0.1) is 10.2 Å². The summed E-state index contributed by atoms with van der Waals surface area (Å²) in [6, 6.07) is 8.57. The van der Waals surface area contributed by atoms with Crippen LogP contribution in [0.1, 0.15) is 19.8 Å². The maximum Gasteiger partial charge on any atom is 0.159 e. The van der Waals surface area contributed by atoms with E-state index in [-0.39, 0.29) is 0 Å². The molecular formula is C15H19ClN4. The number of fused-ring (bicyclic) bond motifs is 1. The van der Waals surface area contributed by atoms with Crippen LogP contribution >= 0.6 is 11.6 Å². The van der Waals surface area contributed by atoms with E-state index in [0.717, 1.165) is 29.7 Å². The predicted molar refractivity (Wildman–Crippen MR) is 83.3 cm³/mol. The third-order valence-corrected chi connectivity index (χ3v) is 4.33. The van der Waals surface area contributed by atoms with Crippen molar-refractivity contribution in [1.29, 1.82) is 0 Å². The molecule has 0 saturated carbocycles. The third kappa shape index (κ3) is 2.58. The normalized spacial score (nSPS) is 19.6. The Balaban J connectivity index is 1.79. The molecule has 1 aromatic carbocycles. The van der Waals surface area contributed by atoms with Crippen LogP contribution in [0.3, 0.4) is 0 Å². The van der Waals surface area contributed by atoms with Crippen molar-refractivity contribution in [3.8, 4) is 0 Å². The first kappa shape index (κ1) is 13.6. The van der Waals surface area contributed by atoms with Gasteiger partial charge in [-0.3, -0.25) is 4.90 Å². The van der Waals surface area contributed by atoms with Crippen LogP contribution in [-0.2, 0) is 0 Å². The number of hydrogen-bond donors (Lipinski definition) is 1. The van der Waals surface area contributed by atoms with Gasteiger partial charge in [-0.2, -0.15) is 0 Å². The molecule has 0 spiro atoms. The van der Waals surface area contributed by atoms with Crippen LogP contribution in [0.5, 0.6) is 0 Å². The van der Waals surface area contributed by atoms with Gasteiger partial charge in [-0.25, -0.2) is 0 Å². The second-order valence-electron chi connectivity index (χ2n) is 5.19. The highest BCUT2D eigenvalue weighted by molar-refractivity contribution is 6.34. The summed E-state index contributed by atoms with van der Waals surface area (Å²) >= 11 is 6.09. The summed E-state index contributed by atoms with van der Waals surface area (Å²) < 4.78 is 0. The highest BCUT2D eigenvalue weighted by Gasteiger charge is 2.22. The zero-order valence-electron chi connectivity index (χ0n) is 11.6. The van der Waals surface area contributed by atoms with E-state index >= 15 is 0 Å². The Labute approximate surface area is 124 Å². The number of halogens is 1. The molecule has 1 atom stereocenters. The molecule has 0 amide bonds. The van der Waals surface area contributed by atoms with E-state index in [4.69, 9.17) is 11.6 Å². The van der Waals surface area contributed by atoms with Gasteiger partial charge in [0.05, 0.1) is 0 Å². The van der Waals surface area contributed by atoms with Crippen molar-refractivity contribution in [2.24, 2.45) is 0 Å². The summed E-state index contributed by atoms with van der Waals surface area (Å²) in [6.45, 7) is 5.44. The Morgan fingerprint density at radius 1 is 1.30 bits per heavy atom. The molecule has 2 aromatic rings. The maximum absolute atomic E-state index is 6.09. The number of nitrogens with zero attached hydrogens (tertiary/aromatic N) is 3. The molecule has 0 aliphatic carbocycles. The summed E-state index contributed by atoms with van der Waals surface area (Å²) in [7, 11) is 0. The van der Waals surface area contributed by atoms with E-state index in [1.54, 1.807) is 0 Å². The molecule has 2 heterocycles. The fourth-order valence-corrected chi connectivity index (χ4v) is 3.16. The number of aromatic nitrogens is 2. The van der Waals surface area contributed by atoms with Gasteiger partial charge in [0.15, 0.2) is 11.0 Å². The van der Waals surface area contributed by atoms with E-state index in [0.29, 0.717) is 11.2 Å². The van der Waals surface area contributed by atoms with Gasteiger partial charge in [0.2, 0.25) is 0 Å². The number of rotatable bonds is 4. The van der Waals surface area contributed by atoms with Crippen LogP contribution in [0.2, 0.25) is 5.15 Å². The topological polar surface area (TPSA) is 41.0 Å². The molecular weight excluding hydrogens is 272 g/mol. The van der Waals surface area contributed by atoms with Crippen LogP contribution < -0.4 is 5.32 Å². The summed E-state index contributed by atoms with van der Waals surface area (Å²) in [5.41, 5.74) is 0. The number of benzene rings is 1. The molecule has 1 unspecified atom stereocenters. The van der Waals surface area contributed by atoms with E-state index in [9.17, 15) is 0 Å². The van der Waals surface area contributed by atoms with E-state index in [1.165, 1.54) is 19.4 Å². The first-order chi connectivity index (χ1) is 9.79. The lowest BCUT2D eigenvalue weighted by Gasteiger charge is -2.23. The molecule has 4 nitrogen and oxygen atoms in total. The molecule has 106 valence electrons. The van der Waals surface area contributed by atoms with Gasteiger partial charge in [0.1, 0.15) is 0 Å². The fourth-order valence-electron chi connectivity index (χ4n) is 2.96. The molecule has 1 N–H and O–H groups in total. The first-order valence-corrected chi connectivity index (χ1v) is 7.56. The molecule has 1 aliphatic heterocycles. The summed E-state index contributed by atoms with van der Waals surface area (Å²) in [6.07, 6.45) is 2.53. The quantitative estimate of drug-likeness (QED) is 0.939. The van der Waals surface area contributed by atoms with Gasteiger partial charge in [0, 0.05) is 23.4 Å². The van der Waals surface area contributed by atoms with Gasteiger partial charge in [-0.1, -0.05) is 42.8 Å². The number of likely N-dealkylation sites (tertiary alicyclic amines) is 1. The minimum absolute atomic E-state index is 0.460. The van der Waals surface area contributed by atoms with Crippen molar-refractivity contribution in [3.63, 3.8) is 0 Å². The fraction of sp³-hybridized carbons (Fsp3) is 0.467. The second-order valence-corrected chi connectivity index (χ2v) is 5.55. The molecule has 5 heteroatoms. The standard InChI is InChI=1S/C15H19ClN4/c1-2-20-9-5-6-11(20)10-17-15-13-8-4-3-7-12(13)14(16)18-19-15/h3-4,7-8,11H,2,5-6,9-10H2,1H3,(H,17,19). The lowest BCUT2D eigenvalue weighted by Crippen LogP contribution is -2.34. The van der Waals surface area contributed by atoms with Gasteiger partial charge in [0.25, 0.3) is 0 Å². The Hall–Kier alpha value is -1.39. The lowest BCUT2D eigenvalue weighted by molar-refractivity contribution is 0.277. The molecule has 1 aromatic heterocycles. The molecule has 1 fully saturated rings. The molecule has 20 heavy (non-hydrogen) atoms. The van der Waals surface area contributed by atoms with Crippen molar-refractivity contribution >= 4 is 28.2 Å². The lowest BCUT2D eigenvalue weighted by atomic mass is 10.2. The van der Waals surface area contributed by atoms with E-state index in [1.807, 2.05) is 24.3 Å². The summed E-state index contributed by atoms with van der Waals surface area (Å²) in [5, 5.41) is 14.1. The van der Waals surface area contributed by atoms with Crippen LogP contribution in [0.15, 0.2) is 24.3 Å². The minimum Gasteiger partial charge on any atom is -0.366 e. The Morgan fingerprint density at radius 3 is 2.90 bits per heavy atom. The van der Waals surface area contributed by atoms with Crippen LogP contribution in [0.4, 0.5) is 5.82 Å². The summed E-state index contributed by atoms with van der Waals surface area (Å²) in [4.78, 5) is 2.51. The molecule has 1 saturated heterocycles. The number of nitrogens with one attached hydrogen (secondary N) is 1. The van der Waals surface area contributed by atoms with Crippen molar-refractivity contribution < 1.29 is 0 Å². The van der Waals surface area contributed by atoms with Crippen molar-refractivity contribution in [3.05, 3.63) is 29.4 Å². The Morgan fingerprint density at radius 2 is 2.10 bits per heavy atom. The molecule has 3 rings (SSSR count). The van der Waals surface area contributed by atoms with Gasteiger partial charge < -0.3 is 5.32 Å². The van der Waals surface area contributed by atoms with Crippen molar-refractivity contribution in [2.45, 2.75) is 25.8 Å². The molecule has 1 aliphatic rings. The second kappa shape index (κ2) is 5.94. The van der Waals surface area contributed by atoms with Gasteiger partial charge in [-0.05, 0) is 25.9 Å². The summed E-state index contributed by atoms with van der Waals surface area (Å²) in [5.74, 6) is 0.827. The minimum atomic E-state index is 0.460. The molecule has 0 radical (unpaired) electrons. The maximum atomic E-state index is 6.09. The molecule has 0 bridgehead atoms. The van der Waals surface area contributed by atoms with Crippen LogP contribution in [0.25, 0.3) is 10.8 Å². The Kier molecular flexibility index (Phi) is 4.03. The van der Waals surface area contributed by atoms with E-state index in [2.05, 4.69) is 27.3 Å². The highest BCUT2D eigenvalue weighted by Crippen LogP contribution is 2.26. The average Bonchev–Trinajstić information content (AvgIpc) is 2.94.